The van der Waals surface area contributed by atoms with Gasteiger partial charge < -0.3 is 15.1 Å². The van der Waals surface area contributed by atoms with E-state index in [9.17, 15) is 9.59 Å². The summed E-state index contributed by atoms with van der Waals surface area (Å²) in [7, 11) is 3.88. The van der Waals surface area contributed by atoms with Crippen molar-refractivity contribution < 1.29 is 9.59 Å². The summed E-state index contributed by atoms with van der Waals surface area (Å²) in [5.41, 5.74) is 1.74. The second-order valence-corrected chi connectivity index (χ2v) is 7.67. The summed E-state index contributed by atoms with van der Waals surface area (Å²) in [6, 6.07) is 7.32. The lowest BCUT2D eigenvalue weighted by molar-refractivity contribution is -0.135. The van der Waals surface area contributed by atoms with Crippen LogP contribution >= 0.6 is 11.8 Å². The SMILES string of the molecule is CN(C)c1ccccc1NC(=O)[C@H]1CS[C@]2(C)CCC(=O)N12. The van der Waals surface area contributed by atoms with E-state index >= 15 is 0 Å². The number of nitrogens with zero attached hydrogens (tertiary/aromatic N) is 2. The van der Waals surface area contributed by atoms with Gasteiger partial charge in [0.1, 0.15) is 6.04 Å². The first-order valence-corrected chi connectivity index (χ1v) is 8.44. The topological polar surface area (TPSA) is 52.7 Å². The Labute approximate surface area is 135 Å². The maximum atomic E-state index is 12.7. The van der Waals surface area contributed by atoms with Gasteiger partial charge in [-0.15, -0.1) is 11.8 Å². The van der Waals surface area contributed by atoms with E-state index < -0.39 is 0 Å². The number of hydrogen-bond acceptors (Lipinski definition) is 4. The van der Waals surface area contributed by atoms with E-state index in [1.54, 1.807) is 16.7 Å². The maximum absolute atomic E-state index is 12.7. The zero-order chi connectivity index (χ0) is 15.9. The summed E-state index contributed by atoms with van der Waals surface area (Å²) in [6.07, 6.45) is 1.37. The summed E-state index contributed by atoms with van der Waals surface area (Å²) < 4.78 is 0. The Hall–Kier alpha value is -1.69. The molecular formula is C16H21N3O2S. The highest BCUT2D eigenvalue weighted by Gasteiger charge is 2.52. The van der Waals surface area contributed by atoms with Crippen molar-refractivity contribution in [3.8, 4) is 0 Å². The third kappa shape index (κ3) is 2.45. The Morgan fingerprint density at radius 2 is 2.14 bits per heavy atom. The number of anilines is 2. The van der Waals surface area contributed by atoms with Gasteiger partial charge in [-0.3, -0.25) is 9.59 Å². The summed E-state index contributed by atoms with van der Waals surface area (Å²) in [6.45, 7) is 2.06. The van der Waals surface area contributed by atoms with Gasteiger partial charge in [0.25, 0.3) is 0 Å². The van der Waals surface area contributed by atoms with Gasteiger partial charge in [0.2, 0.25) is 11.8 Å². The van der Waals surface area contributed by atoms with Crippen molar-refractivity contribution >= 4 is 35.0 Å². The van der Waals surface area contributed by atoms with Crippen molar-refractivity contribution in [1.29, 1.82) is 0 Å². The molecule has 0 radical (unpaired) electrons. The number of benzene rings is 1. The second-order valence-electron chi connectivity index (χ2n) is 6.17. The Morgan fingerprint density at radius 3 is 2.86 bits per heavy atom. The lowest BCUT2D eigenvalue weighted by Crippen LogP contribution is -2.48. The van der Waals surface area contributed by atoms with Crippen LogP contribution < -0.4 is 10.2 Å². The predicted molar refractivity (Wildman–Crippen MR) is 90.1 cm³/mol. The van der Waals surface area contributed by atoms with Crippen LogP contribution in [-0.4, -0.2) is 47.5 Å². The van der Waals surface area contributed by atoms with E-state index in [0.717, 1.165) is 17.8 Å². The molecule has 2 aliphatic rings. The van der Waals surface area contributed by atoms with Crippen LogP contribution in [0.15, 0.2) is 24.3 Å². The average Bonchev–Trinajstić information content (AvgIpc) is 2.96. The monoisotopic (exact) mass is 319 g/mol. The van der Waals surface area contributed by atoms with Crippen LogP contribution in [0.2, 0.25) is 0 Å². The number of para-hydroxylation sites is 2. The van der Waals surface area contributed by atoms with Crippen molar-refractivity contribution in [2.45, 2.75) is 30.7 Å². The van der Waals surface area contributed by atoms with E-state index in [1.807, 2.05) is 43.3 Å². The molecule has 1 aromatic carbocycles. The predicted octanol–water partition coefficient (Wildman–Crippen LogP) is 2.15. The van der Waals surface area contributed by atoms with E-state index in [-0.39, 0.29) is 22.7 Å². The molecule has 2 heterocycles. The van der Waals surface area contributed by atoms with Gasteiger partial charge in [0.15, 0.2) is 0 Å². The quantitative estimate of drug-likeness (QED) is 0.927. The summed E-state index contributed by atoms with van der Waals surface area (Å²) in [5, 5.41) is 3.00. The van der Waals surface area contributed by atoms with Gasteiger partial charge in [0.05, 0.1) is 16.2 Å². The molecule has 2 aliphatic heterocycles. The molecule has 6 heteroatoms. The molecule has 2 saturated heterocycles. The van der Waals surface area contributed by atoms with Gasteiger partial charge >= 0.3 is 0 Å². The molecule has 1 aromatic rings. The smallest absolute Gasteiger partial charge is 0.248 e. The van der Waals surface area contributed by atoms with E-state index in [0.29, 0.717) is 12.2 Å². The minimum atomic E-state index is -0.375. The van der Waals surface area contributed by atoms with Crippen LogP contribution in [0.4, 0.5) is 11.4 Å². The number of rotatable bonds is 3. The molecule has 22 heavy (non-hydrogen) atoms. The minimum Gasteiger partial charge on any atom is -0.376 e. The Bertz CT molecular complexity index is 619. The molecule has 2 fully saturated rings. The van der Waals surface area contributed by atoms with Crippen LogP contribution in [-0.2, 0) is 9.59 Å². The van der Waals surface area contributed by atoms with Crippen molar-refractivity contribution in [2.24, 2.45) is 0 Å². The molecular weight excluding hydrogens is 298 g/mol. The van der Waals surface area contributed by atoms with Crippen molar-refractivity contribution in [3.05, 3.63) is 24.3 Å². The third-order valence-electron chi connectivity index (χ3n) is 4.39. The highest BCUT2D eigenvalue weighted by atomic mass is 32.2. The maximum Gasteiger partial charge on any atom is 0.248 e. The van der Waals surface area contributed by atoms with Gasteiger partial charge in [-0.25, -0.2) is 0 Å². The number of thioether (sulfide) groups is 1. The highest BCUT2D eigenvalue weighted by Crippen LogP contribution is 2.47. The minimum absolute atomic E-state index is 0.0912. The first kappa shape index (κ1) is 15.2. The molecule has 0 bridgehead atoms. The van der Waals surface area contributed by atoms with Crippen LogP contribution in [0.3, 0.4) is 0 Å². The Morgan fingerprint density at radius 1 is 1.41 bits per heavy atom. The molecule has 2 amide bonds. The Balaban J connectivity index is 1.80. The van der Waals surface area contributed by atoms with Crippen molar-refractivity contribution in [1.82, 2.24) is 4.90 Å². The fourth-order valence-electron chi connectivity index (χ4n) is 3.20. The Kier molecular flexibility index (Phi) is 3.80. The van der Waals surface area contributed by atoms with Crippen molar-refractivity contribution in [2.75, 3.05) is 30.1 Å². The van der Waals surface area contributed by atoms with E-state index in [2.05, 4.69) is 12.2 Å². The number of carbonyl (C=O) groups excluding carboxylic acids is 2. The standard InChI is InChI=1S/C16H21N3O2S/c1-16-9-8-14(20)19(16)13(10-22-16)15(21)17-11-6-4-5-7-12(11)18(2)3/h4-7,13H,8-10H2,1-3H3,(H,17,21)/t13-,16-/m1/s1. The zero-order valence-corrected chi connectivity index (χ0v) is 13.9. The molecule has 0 unspecified atom stereocenters. The average molecular weight is 319 g/mol. The summed E-state index contributed by atoms with van der Waals surface area (Å²) in [5.74, 6) is 0.660. The normalized spacial score (nSPS) is 27.0. The van der Waals surface area contributed by atoms with Crippen LogP contribution in [0.25, 0.3) is 0 Å². The van der Waals surface area contributed by atoms with Crippen LogP contribution in [0.5, 0.6) is 0 Å². The molecule has 2 atom stereocenters. The lowest BCUT2D eigenvalue weighted by atomic mass is 10.2. The van der Waals surface area contributed by atoms with Crippen molar-refractivity contribution in [3.63, 3.8) is 0 Å². The zero-order valence-electron chi connectivity index (χ0n) is 13.1. The number of hydrogen-bond donors (Lipinski definition) is 1. The van der Waals surface area contributed by atoms with Gasteiger partial charge in [-0.1, -0.05) is 12.1 Å². The molecule has 0 saturated carbocycles. The fourth-order valence-corrected chi connectivity index (χ4v) is 4.63. The fraction of sp³-hybridized carbons (Fsp3) is 0.500. The van der Waals surface area contributed by atoms with Crippen LogP contribution in [0.1, 0.15) is 19.8 Å². The van der Waals surface area contributed by atoms with Gasteiger partial charge in [0, 0.05) is 26.3 Å². The second kappa shape index (κ2) is 5.50. The molecule has 0 spiro atoms. The number of fused-ring (bicyclic) bond motifs is 1. The van der Waals surface area contributed by atoms with Gasteiger partial charge in [-0.05, 0) is 25.5 Å². The number of nitrogens with one attached hydrogen (secondary N) is 1. The molecule has 5 nitrogen and oxygen atoms in total. The third-order valence-corrected chi connectivity index (χ3v) is 5.90. The lowest BCUT2D eigenvalue weighted by Gasteiger charge is -2.30. The summed E-state index contributed by atoms with van der Waals surface area (Å²) in [4.78, 5) is 28.3. The molecule has 1 N–H and O–H groups in total. The van der Waals surface area contributed by atoms with Gasteiger partial charge in [-0.2, -0.15) is 0 Å². The first-order valence-electron chi connectivity index (χ1n) is 7.46. The molecule has 3 rings (SSSR count). The van der Waals surface area contributed by atoms with E-state index in [4.69, 9.17) is 0 Å². The largest absolute Gasteiger partial charge is 0.376 e. The molecule has 0 aromatic heterocycles. The number of amides is 2. The van der Waals surface area contributed by atoms with E-state index in [1.165, 1.54) is 0 Å². The first-order chi connectivity index (χ1) is 10.4. The highest BCUT2D eigenvalue weighted by molar-refractivity contribution is 8.01. The van der Waals surface area contributed by atoms with Crippen LogP contribution in [0, 0.1) is 0 Å². The molecule has 118 valence electrons. The molecule has 0 aliphatic carbocycles. The number of carbonyl (C=O) groups is 2. The summed E-state index contributed by atoms with van der Waals surface area (Å²) >= 11 is 1.71.